The minimum Gasteiger partial charge on any atom is -0.507 e. The van der Waals surface area contributed by atoms with Crippen LogP contribution in [0.4, 0.5) is 5.69 Å². The van der Waals surface area contributed by atoms with Crippen molar-refractivity contribution in [1.29, 1.82) is 0 Å². The van der Waals surface area contributed by atoms with E-state index in [9.17, 15) is 10.2 Å². The molecule has 0 saturated heterocycles. The summed E-state index contributed by atoms with van der Waals surface area (Å²) in [7, 11) is 0. The van der Waals surface area contributed by atoms with Crippen molar-refractivity contribution in [2.24, 2.45) is 4.99 Å². The molecule has 0 heterocycles. The number of phenolic OH excluding ortho intramolecular Hbond substituents is 2. The van der Waals surface area contributed by atoms with Crippen molar-refractivity contribution in [1.82, 2.24) is 0 Å². The third-order valence-electron chi connectivity index (χ3n) is 3.22. The molecule has 0 aliphatic rings. The van der Waals surface area contributed by atoms with Gasteiger partial charge in [0, 0.05) is 16.7 Å². The highest BCUT2D eigenvalue weighted by atomic mass is 32.2. The highest BCUT2D eigenvalue weighted by Crippen LogP contribution is 2.41. The molecule has 4 heteroatoms. The number of para-hydroxylation sites is 1. The van der Waals surface area contributed by atoms with Gasteiger partial charge >= 0.3 is 0 Å². The lowest BCUT2D eigenvalue weighted by Gasteiger charge is -2.08. The summed E-state index contributed by atoms with van der Waals surface area (Å²) >= 11 is 1.45. The first-order valence-electron chi connectivity index (χ1n) is 7.11. The van der Waals surface area contributed by atoms with Crippen LogP contribution in [0.2, 0.25) is 0 Å². The quantitative estimate of drug-likeness (QED) is 0.665. The van der Waals surface area contributed by atoms with Crippen LogP contribution in [0.1, 0.15) is 5.56 Å². The van der Waals surface area contributed by atoms with E-state index in [1.54, 1.807) is 36.5 Å². The predicted molar refractivity (Wildman–Crippen MR) is 94.0 cm³/mol. The predicted octanol–water partition coefficient (Wildman–Crippen LogP) is 5.00. The number of hydrogen-bond acceptors (Lipinski definition) is 4. The van der Waals surface area contributed by atoms with E-state index in [4.69, 9.17) is 0 Å². The zero-order valence-electron chi connectivity index (χ0n) is 12.3. The maximum absolute atomic E-state index is 10.2. The second-order valence-corrected chi connectivity index (χ2v) is 5.94. The molecule has 0 amide bonds. The Morgan fingerprint density at radius 2 is 1.43 bits per heavy atom. The molecule has 3 aromatic carbocycles. The number of aromatic hydroxyl groups is 2. The summed E-state index contributed by atoms with van der Waals surface area (Å²) in [6, 6.07) is 22.0. The van der Waals surface area contributed by atoms with E-state index in [-0.39, 0.29) is 11.5 Å². The Morgan fingerprint density at radius 3 is 2.22 bits per heavy atom. The fourth-order valence-corrected chi connectivity index (χ4v) is 2.99. The van der Waals surface area contributed by atoms with Crippen LogP contribution in [0.25, 0.3) is 0 Å². The van der Waals surface area contributed by atoms with Crippen LogP contribution in [-0.2, 0) is 0 Å². The summed E-state index contributed by atoms with van der Waals surface area (Å²) in [6.07, 6.45) is 1.60. The standard InChI is InChI=1S/C19H15NO2S/c21-17-11-5-4-7-14(17)13-20-16-10-6-12-18(22)19(16)23-15-8-2-1-3-9-15/h1-13,21-22H. The Hall–Kier alpha value is -2.72. The van der Waals surface area contributed by atoms with Gasteiger partial charge in [-0.2, -0.15) is 0 Å². The summed E-state index contributed by atoms with van der Waals surface area (Å²) in [5.74, 6) is 0.361. The molecule has 0 aromatic heterocycles. The lowest BCUT2D eigenvalue weighted by atomic mass is 10.2. The van der Waals surface area contributed by atoms with E-state index in [2.05, 4.69) is 4.99 Å². The smallest absolute Gasteiger partial charge is 0.131 e. The molecule has 0 unspecified atom stereocenters. The summed E-state index contributed by atoms with van der Waals surface area (Å²) in [6.45, 7) is 0. The molecule has 0 saturated carbocycles. The maximum atomic E-state index is 10.2. The van der Waals surface area contributed by atoms with Crippen molar-refractivity contribution in [3.8, 4) is 11.5 Å². The molecule has 0 radical (unpaired) electrons. The van der Waals surface area contributed by atoms with Gasteiger partial charge in [0.25, 0.3) is 0 Å². The first-order valence-corrected chi connectivity index (χ1v) is 7.92. The number of rotatable bonds is 4. The van der Waals surface area contributed by atoms with E-state index < -0.39 is 0 Å². The lowest BCUT2D eigenvalue weighted by Crippen LogP contribution is -1.82. The highest BCUT2D eigenvalue weighted by molar-refractivity contribution is 7.99. The van der Waals surface area contributed by atoms with Crippen LogP contribution in [0.5, 0.6) is 11.5 Å². The van der Waals surface area contributed by atoms with Crippen molar-refractivity contribution >= 4 is 23.7 Å². The Kier molecular flexibility index (Phi) is 4.64. The van der Waals surface area contributed by atoms with Gasteiger partial charge in [-0.05, 0) is 36.4 Å². The molecule has 3 aromatic rings. The van der Waals surface area contributed by atoms with Gasteiger partial charge in [-0.25, -0.2) is 0 Å². The average Bonchev–Trinajstić information content (AvgIpc) is 2.58. The fraction of sp³-hybridized carbons (Fsp3) is 0. The highest BCUT2D eigenvalue weighted by Gasteiger charge is 2.09. The molecule has 114 valence electrons. The zero-order valence-corrected chi connectivity index (χ0v) is 13.1. The molecule has 0 aliphatic heterocycles. The van der Waals surface area contributed by atoms with E-state index in [0.29, 0.717) is 16.1 Å². The van der Waals surface area contributed by atoms with Crippen LogP contribution in [0.3, 0.4) is 0 Å². The molecule has 0 aliphatic carbocycles. The van der Waals surface area contributed by atoms with E-state index in [1.807, 2.05) is 42.5 Å². The Balaban J connectivity index is 1.94. The minimum absolute atomic E-state index is 0.175. The van der Waals surface area contributed by atoms with Gasteiger partial charge in [0.05, 0.1) is 10.6 Å². The monoisotopic (exact) mass is 321 g/mol. The topological polar surface area (TPSA) is 52.8 Å². The van der Waals surface area contributed by atoms with Gasteiger partial charge in [-0.1, -0.05) is 48.2 Å². The van der Waals surface area contributed by atoms with Crippen LogP contribution in [0.15, 0.2) is 87.6 Å². The van der Waals surface area contributed by atoms with Crippen molar-refractivity contribution in [3.05, 3.63) is 78.4 Å². The number of aliphatic imine (C=N–C) groups is 1. The second-order valence-electron chi connectivity index (χ2n) is 4.86. The van der Waals surface area contributed by atoms with Crippen LogP contribution in [0, 0.1) is 0 Å². The Morgan fingerprint density at radius 1 is 0.739 bits per heavy atom. The molecular weight excluding hydrogens is 306 g/mol. The molecule has 0 atom stereocenters. The van der Waals surface area contributed by atoms with E-state index in [1.165, 1.54) is 11.8 Å². The zero-order chi connectivity index (χ0) is 16.1. The van der Waals surface area contributed by atoms with Crippen molar-refractivity contribution in [2.45, 2.75) is 9.79 Å². The van der Waals surface area contributed by atoms with E-state index >= 15 is 0 Å². The van der Waals surface area contributed by atoms with Crippen LogP contribution < -0.4 is 0 Å². The Bertz CT molecular complexity index is 832. The third-order valence-corrected chi connectivity index (χ3v) is 4.35. The van der Waals surface area contributed by atoms with Crippen molar-refractivity contribution in [3.63, 3.8) is 0 Å². The van der Waals surface area contributed by atoms with Gasteiger partial charge in [0.15, 0.2) is 0 Å². The number of benzene rings is 3. The fourth-order valence-electron chi connectivity index (χ4n) is 2.06. The normalized spacial score (nSPS) is 11.0. The summed E-state index contributed by atoms with van der Waals surface area (Å²) < 4.78 is 0. The van der Waals surface area contributed by atoms with Crippen molar-refractivity contribution in [2.75, 3.05) is 0 Å². The molecular formula is C19H15NO2S. The Labute approximate surface area is 139 Å². The van der Waals surface area contributed by atoms with Gasteiger partial charge in [-0.3, -0.25) is 4.99 Å². The van der Waals surface area contributed by atoms with Crippen LogP contribution >= 0.6 is 11.8 Å². The van der Waals surface area contributed by atoms with Crippen molar-refractivity contribution < 1.29 is 10.2 Å². The van der Waals surface area contributed by atoms with Gasteiger partial charge in [-0.15, -0.1) is 0 Å². The lowest BCUT2D eigenvalue weighted by molar-refractivity contribution is 0.463. The first kappa shape index (κ1) is 15.2. The summed E-state index contributed by atoms with van der Waals surface area (Å²) in [4.78, 5) is 6.14. The first-order chi connectivity index (χ1) is 11.2. The average molecular weight is 321 g/mol. The van der Waals surface area contributed by atoms with Gasteiger partial charge in [0.1, 0.15) is 11.5 Å². The maximum Gasteiger partial charge on any atom is 0.131 e. The number of hydrogen-bond donors (Lipinski definition) is 2. The second kappa shape index (κ2) is 7.03. The molecule has 0 fully saturated rings. The number of phenols is 2. The molecule has 23 heavy (non-hydrogen) atoms. The summed E-state index contributed by atoms with van der Waals surface area (Å²) in [5, 5.41) is 20.0. The molecule has 0 spiro atoms. The SMILES string of the molecule is Oc1ccccc1C=Nc1cccc(O)c1Sc1ccccc1. The van der Waals surface area contributed by atoms with Gasteiger partial charge < -0.3 is 10.2 Å². The molecule has 0 bridgehead atoms. The largest absolute Gasteiger partial charge is 0.507 e. The molecule has 2 N–H and O–H groups in total. The summed E-state index contributed by atoms with van der Waals surface area (Å²) in [5.41, 5.74) is 1.29. The molecule has 3 rings (SSSR count). The van der Waals surface area contributed by atoms with Gasteiger partial charge in [0.2, 0.25) is 0 Å². The van der Waals surface area contributed by atoms with E-state index in [0.717, 1.165) is 4.90 Å². The number of nitrogens with zero attached hydrogens (tertiary/aromatic N) is 1. The molecule has 3 nitrogen and oxygen atoms in total. The van der Waals surface area contributed by atoms with Crippen LogP contribution in [-0.4, -0.2) is 16.4 Å². The third kappa shape index (κ3) is 3.73. The minimum atomic E-state index is 0.175.